The Morgan fingerprint density at radius 1 is 1.30 bits per heavy atom. The molecule has 108 valence electrons. The van der Waals surface area contributed by atoms with Crippen LogP contribution in [-0.4, -0.2) is 48.0 Å². The lowest BCUT2D eigenvalue weighted by molar-refractivity contribution is -0.384. The average molecular weight is 278 g/mol. The summed E-state index contributed by atoms with van der Waals surface area (Å²) in [4.78, 5) is 26.1. The highest BCUT2D eigenvalue weighted by molar-refractivity contribution is 5.81. The molecule has 0 aliphatic carbocycles. The molecule has 1 fully saturated rings. The standard InChI is InChI=1S/C13H18N4O3/c1-10(14)13(18)16-8-6-15(7-9-16)11-4-2-3-5-12(11)17(19)20/h2-5,10H,6-9,14H2,1H3. The van der Waals surface area contributed by atoms with Crippen LogP contribution in [0, 0.1) is 10.1 Å². The lowest BCUT2D eigenvalue weighted by Gasteiger charge is -2.36. The Hall–Kier alpha value is -2.15. The number of nitro benzene ring substituents is 1. The van der Waals surface area contributed by atoms with Gasteiger partial charge >= 0.3 is 0 Å². The maximum atomic E-state index is 11.8. The van der Waals surface area contributed by atoms with Crippen molar-refractivity contribution in [1.82, 2.24) is 4.90 Å². The van der Waals surface area contributed by atoms with E-state index in [0.29, 0.717) is 31.9 Å². The molecule has 1 aromatic rings. The summed E-state index contributed by atoms with van der Waals surface area (Å²) >= 11 is 0. The average Bonchev–Trinajstić information content (AvgIpc) is 2.46. The zero-order valence-electron chi connectivity index (χ0n) is 11.4. The van der Waals surface area contributed by atoms with Gasteiger partial charge in [-0.25, -0.2) is 0 Å². The second kappa shape index (κ2) is 5.87. The third-order valence-electron chi connectivity index (χ3n) is 3.40. The van der Waals surface area contributed by atoms with E-state index in [-0.39, 0.29) is 16.5 Å². The van der Waals surface area contributed by atoms with Crippen LogP contribution in [0.1, 0.15) is 6.92 Å². The van der Waals surface area contributed by atoms with E-state index in [9.17, 15) is 14.9 Å². The highest BCUT2D eigenvalue weighted by Gasteiger charge is 2.26. The van der Waals surface area contributed by atoms with Gasteiger partial charge in [0.25, 0.3) is 5.69 Å². The van der Waals surface area contributed by atoms with Crippen LogP contribution in [-0.2, 0) is 4.79 Å². The Labute approximate surface area is 117 Å². The van der Waals surface area contributed by atoms with Crippen molar-refractivity contribution in [2.75, 3.05) is 31.1 Å². The van der Waals surface area contributed by atoms with Crippen LogP contribution in [0.4, 0.5) is 11.4 Å². The fraction of sp³-hybridized carbons (Fsp3) is 0.462. The number of hydrogen-bond donors (Lipinski definition) is 1. The van der Waals surface area contributed by atoms with Crippen molar-refractivity contribution in [3.8, 4) is 0 Å². The van der Waals surface area contributed by atoms with E-state index in [1.807, 2.05) is 4.90 Å². The van der Waals surface area contributed by atoms with E-state index < -0.39 is 6.04 Å². The van der Waals surface area contributed by atoms with Crippen LogP contribution in [0.3, 0.4) is 0 Å². The summed E-state index contributed by atoms with van der Waals surface area (Å²) in [5.74, 6) is -0.0767. The molecule has 0 bridgehead atoms. The minimum atomic E-state index is -0.507. The van der Waals surface area contributed by atoms with Crippen molar-refractivity contribution >= 4 is 17.3 Å². The highest BCUT2D eigenvalue weighted by atomic mass is 16.6. The molecular formula is C13H18N4O3. The van der Waals surface area contributed by atoms with Gasteiger partial charge in [-0.05, 0) is 13.0 Å². The Kier molecular flexibility index (Phi) is 4.19. The van der Waals surface area contributed by atoms with Gasteiger partial charge in [0.15, 0.2) is 0 Å². The molecule has 1 aliphatic heterocycles. The molecule has 1 saturated heterocycles. The monoisotopic (exact) mass is 278 g/mol. The smallest absolute Gasteiger partial charge is 0.292 e. The normalized spacial score (nSPS) is 16.9. The Morgan fingerprint density at radius 2 is 1.90 bits per heavy atom. The fourth-order valence-corrected chi connectivity index (χ4v) is 2.34. The minimum absolute atomic E-state index is 0.0767. The molecule has 1 heterocycles. The Bertz CT molecular complexity index is 510. The number of rotatable bonds is 3. The first kappa shape index (κ1) is 14.3. The Balaban J connectivity index is 2.08. The maximum Gasteiger partial charge on any atom is 0.292 e. The van der Waals surface area contributed by atoms with Gasteiger partial charge in [-0.2, -0.15) is 0 Å². The first-order chi connectivity index (χ1) is 9.50. The lowest BCUT2D eigenvalue weighted by Crippen LogP contribution is -2.52. The molecule has 1 unspecified atom stereocenters. The highest BCUT2D eigenvalue weighted by Crippen LogP contribution is 2.28. The summed E-state index contributed by atoms with van der Waals surface area (Å²) < 4.78 is 0. The van der Waals surface area contributed by atoms with Crippen LogP contribution in [0.25, 0.3) is 0 Å². The van der Waals surface area contributed by atoms with E-state index >= 15 is 0 Å². The molecule has 0 saturated carbocycles. The molecule has 0 spiro atoms. The van der Waals surface area contributed by atoms with Gasteiger partial charge in [0.05, 0.1) is 11.0 Å². The number of nitro groups is 1. The molecule has 2 rings (SSSR count). The van der Waals surface area contributed by atoms with Gasteiger partial charge in [0.1, 0.15) is 5.69 Å². The first-order valence-electron chi connectivity index (χ1n) is 6.53. The van der Waals surface area contributed by atoms with E-state index in [1.165, 1.54) is 6.07 Å². The zero-order valence-corrected chi connectivity index (χ0v) is 11.4. The fourth-order valence-electron chi connectivity index (χ4n) is 2.34. The number of carbonyl (C=O) groups is 1. The van der Waals surface area contributed by atoms with Crippen LogP contribution in [0.5, 0.6) is 0 Å². The molecule has 1 amide bonds. The van der Waals surface area contributed by atoms with Crippen molar-refractivity contribution in [3.63, 3.8) is 0 Å². The number of nitrogens with zero attached hydrogens (tertiary/aromatic N) is 3. The van der Waals surface area contributed by atoms with Crippen molar-refractivity contribution < 1.29 is 9.72 Å². The van der Waals surface area contributed by atoms with Crippen molar-refractivity contribution in [3.05, 3.63) is 34.4 Å². The van der Waals surface area contributed by atoms with E-state index in [1.54, 1.807) is 30.0 Å². The van der Waals surface area contributed by atoms with Gasteiger partial charge in [0, 0.05) is 32.2 Å². The van der Waals surface area contributed by atoms with Crippen molar-refractivity contribution in [1.29, 1.82) is 0 Å². The third kappa shape index (κ3) is 2.88. The van der Waals surface area contributed by atoms with Crippen LogP contribution in [0.15, 0.2) is 24.3 Å². The van der Waals surface area contributed by atoms with Crippen LogP contribution in [0.2, 0.25) is 0 Å². The minimum Gasteiger partial charge on any atom is -0.362 e. The van der Waals surface area contributed by atoms with Crippen molar-refractivity contribution in [2.45, 2.75) is 13.0 Å². The summed E-state index contributed by atoms with van der Waals surface area (Å²) in [6, 6.07) is 6.16. The summed E-state index contributed by atoms with van der Waals surface area (Å²) in [5, 5.41) is 11.0. The first-order valence-corrected chi connectivity index (χ1v) is 6.53. The molecule has 20 heavy (non-hydrogen) atoms. The molecular weight excluding hydrogens is 260 g/mol. The van der Waals surface area contributed by atoms with Gasteiger partial charge in [-0.3, -0.25) is 14.9 Å². The Morgan fingerprint density at radius 3 is 2.45 bits per heavy atom. The molecule has 2 N–H and O–H groups in total. The number of hydrogen-bond acceptors (Lipinski definition) is 5. The quantitative estimate of drug-likeness (QED) is 0.645. The van der Waals surface area contributed by atoms with Gasteiger partial charge in [0.2, 0.25) is 5.91 Å². The van der Waals surface area contributed by atoms with Crippen molar-refractivity contribution in [2.24, 2.45) is 5.73 Å². The predicted molar refractivity (Wildman–Crippen MR) is 75.5 cm³/mol. The van der Waals surface area contributed by atoms with E-state index in [4.69, 9.17) is 5.73 Å². The number of para-hydroxylation sites is 2. The molecule has 7 nitrogen and oxygen atoms in total. The maximum absolute atomic E-state index is 11.8. The zero-order chi connectivity index (χ0) is 14.7. The lowest BCUT2D eigenvalue weighted by atomic mass is 10.2. The molecule has 0 radical (unpaired) electrons. The number of piperazine rings is 1. The van der Waals surface area contributed by atoms with Gasteiger partial charge in [-0.1, -0.05) is 12.1 Å². The molecule has 1 atom stereocenters. The predicted octanol–water partition coefficient (Wildman–Crippen LogP) is 0.591. The number of amides is 1. The molecule has 1 aromatic carbocycles. The van der Waals surface area contributed by atoms with Crippen LogP contribution < -0.4 is 10.6 Å². The number of carbonyl (C=O) groups excluding carboxylic acids is 1. The topological polar surface area (TPSA) is 92.7 Å². The van der Waals surface area contributed by atoms with Gasteiger partial charge in [-0.15, -0.1) is 0 Å². The van der Waals surface area contributed by atoms with E-state index in [0.717, 1.165) is 0 Å². The summed E-state index contributed by atoms with van der Waals surface area (Å²) in [7, 11) is 0. The third-order valence-corrected chi connectivity index (χ3v) is 3.40. The number of nitrogens with two attached hydrogens (primary N) is 1. The summed E-state index contributed by atoms with van der Waals surface area (Å²) in [5.41, 5.74) is 6.28. The summed E-state index contributed by atoms with van der Waals surface area (Å²) in [6.07, 6.45) is 0. The molecule has 1 aliphatic rings. The number of benzene rings is 1. The van der Waals surface area contributed by atoms with E-state index in [2.05, 4.69) is 0 Å². The molecule has 7 heteroatoms. The number of anilines is 1. The largest absolute Gasteiger partial charge is 0.362 e. The second-order valence-corrected chi connectivity index (χ2v) is 4.85. The SMILES string of the molecule is CC(N)C(=O)N1CCN(c2ccccc2[N+](=O)[O-])CC1. The summed E-state index contributed by atoms with van der Waals surface area (Å²) in [6.45, 7) is 3.88. The molecule has 0 aromatic heterocycles. The van der Waals surface area contributed by atoms with Gasteiger partial charge < -0.3 is 15.5 Å². The second-order valence-electron chi connectivity index (χ2n) is 4.85. The van der Waals surface area contributed by atoms with Crippen LogP contribution >= 0.6 is 0 Å².